The summed E-state index contributed by atoms with van der Waals surface area (Å²) >= 11 is 0. The number of aliphatic hydroxyl groups is 1. The fourth-order valence-electron chi connectivity index (χ4n) is 1.16. The summed E-state index contributed by atoms with van der Waals surface area (Å²) in [6.45, 7) is -0.0306. The molecule has 0 radical (unpaired) electrons. The van der Waals surface area contributed by atoms with Gasteiger partial charge in [0, 0.05) is 18.3 Å². The molecular weight excluding hydrogens is 171 g/mol. The molecule has 1 aromatic carbocycles. The number of nitrogens with two attached hydrogens (primary N) is 2. The Bertz CT molecular complexity index is 291. The zero-order valence-electron chi connectivity index (χ0n) is 7.20. The molecule has 0 saturated heterocycles. The van der Waals surface area contributed by atoms with Crippen LogP contribution in [0.5, 0.6) is 0 Å². The molecule has 0 saturated carbocycles. The molecule has 0 aliphatic carbocycles. The fraction of sp³-hybridized carbons (Fsp3) is 0.333. The molecule has 0 fully saturated rings. The molecule has 1 unspecified atom stereocenters. The van der Waals surface area contributed by atoms with Crippen LogP contribution in [0.2, 0.25) is 0 Å². The lowest BCUT2D eigenvalue weighted by Crippen LogP contribution is -2.14. The third-order valence-corrected chi connectivity index (χ3v) is 1.89. The summed E-state index contributed by atoms with van der Waals surface area (Å²) in [6, 6.07) is 3.66. The van der Waals surface area contributed by atoms with E-state index in [1.807, 2.05) is 0 Å². The number of benzene rings is 1. The van der Waals surface area contributed by atoms with Gasteiger partial charge in [0.25, 0.3) is 0 Å². The Hall–Kier alpha value is -1.13. The summed E-state index contributed by atoms with van der Waals surface area (Å²) in [7, 11) is 0. The van der Waals surface area contributed by atoms with Crippen molar-refractivity contribution in [3.05, 3.63) is 29.6 Å². The molecule has 0 spiro atoms. The Morgan fingerprint density at radius 2 is 2.15 bits per heavy atom. The zero-order valence-corrected chi connectivity index (χ0v) is 7.20. The minimum atomic E-state index is -0.402. The molecule has 3 nitrogen and oxygen atoms in total. The van der Waals surface area contributed by atoms with Crippen LogP contribution in [0, 0.1) is 5.82 Å². The Morgan fingerprint density at radius 3 is 2.77 bits per heavy atom. The highest BCUT2D eigenvalue weighted by molar-refractivity contribution is 5.48. The van der Waals surface area contributed by atoms with E-state index in [0.29, 0.717) is 17.7 Å². The number of anilines is 1. The SMILES string of the molecule is Nc1ccc(F)cc1C(N)CCO. The topological polar surface area (TPSA) is 72.3 Å². The first-order chi connectivity index (χ1) is 6.15. The first kappa shape index (κ1) is 9.95. The van der Waals surface area contributed by atoms with Crippen LogP contribution in [0.1, 0.15) is 18.0 Å². The van der Waals surface area contributed by atoms with Gasteiger partial charge in [-0.05, 0) is 30.2 Å². The standard InChI is InChI=1S/C9H13FN2O/c10-6-1-2-8(11)7(5-6)9(12)3-4-13/h1-2,5,9,13H,3-4,11-12H2. The predicted octanol–water partition coefficient (Wildman–Crippen LogP) is 0.790. The van der Waals surface area contributed by atoms with Crippen LogP contribution in [0.25, 0.3) is 0 Å². The lowest BCUT2D eigenvalue weighted by molar-refractivity contribution is 0.276. The molecule has 0 aliphatic heterocycles. The number of hydrogen-bond acceptors (Lipinski definition) is 3. The molecule has 72 valence electrons. The van der Waals surface area contributed by atoms with Crippen LogP contribution in [-0.2, 0) is 0 Å². The van der Waals surface area contributed by atoms with Gasteiger partial charge in [0.15, 0.2) is 0 Å². The largest absolute Gasteiger partial charge is 0.398 e. The first-order valence-corrected chi connectivity index (χ1v) is 4.06. The van der Waals surface area contributed by atoms with Crippen LogP contribution in [0.3, 0.4) is 0 Å². The van der Waals surface area contributed by atoms with Crippen LogP contribution < -0.4 is 11.5 Å². The van der Waals surface area contributed by atoms with Crippen molar-refractivity contribution in [1.29, 1.82) is 0 Å². The van der Waals surface area contributed by atoms with Crippen molar-refractivity contribution >= 4 is 5.69 Å². The molecular formula is C9H13FN2O. The average molecular weight is 184 g/mol. The third-order valence-electron chi connectivity index (χ3n) is 1.89. The lowest BCUT2D eigenvalue weighted by atomic mass is 10.0. The van der Waals surface area contributed by atoms with E-state index in [-0.39, 0.29) is 12.4 Å². The van der Waals surface area contributed by atoms with Crippen LogP contribution in [-0.4, -0.2) is 11.7 Å². The molecule has 1 aromatic rings. The number of hydrogen-bond donors (Lipinski definition) is 3. The van der Waals surface area contributed by atoms with Crippen molar-refractivity contribution in [2.75, 3.05) is 12.3 Å². The van der Waals surface area contributed by atoms with Gasteiger partial charge in [-0.25, -0.2) is 4.39 Å². The molecule has 0 aromatic heterocycles. The molecule has 0 bridgehead atoms. The summed E-state index contributed by atoms with van der Waals surface area (Å²) in [5.74, 6) is -0.363. The molecule has 1 atom stereocenters. The van der Waals surface area contributed by atoms with Gasteiger partial charge in [0.2, 0.25) is 0 Å². The summed E-state index contributed by atoms with van der Waals surface area (Å²) < 4.78 is 12.8. The molecule has 0 aliphatic rings. The van der Waals surface area contributed by atoms with Gasteiger partial charge in [-0.3, -0.25) is 0 Å². The number of aliphatic hydroxyl groups excluding tert-OH is 1. The van der Waals surface area contributed by atoms with Gasteiger partial charge in [-0.2, -0.15) is 0 Å². The Balaban J connectivity index is 2.91. The maximum absolute atomic E-state index is 12.8. The van der Waals surface area contributed by atoms with Crippen LogP contribution >= 0.6 is 0 Å². The summed E-state index contributed by atoms with van der Waals surface area (Å²) in [5.41, 5.74) is 12.3. The number of rotatable bonds is 3. The lowest BCUT2D eigenvalue weighted by Gasteiger charge is -2.12. The van der Waals surface area contributed by atoms with E-state index in [1.54, 1.807) is 0 Å². The van der Waals surface area contributed by atoms with Gasteiger partial charge in [-0.1, -0.05) is 0 Å². The summed E-state index contributed by atoms with van der Waals surface area (Å²) in [6.07, 6.45) is 0.383. The molecule has 0 amide bonds. The van der Waals surface area contributed by atoms with E-state index in [4.69, 9.17) is 16.6 Å². The van der Waals surface area contributed by atoms with Crippen LogP contribution in [0.4, 0.5) is 10.1 Å². The van der Waals surface area contributed by atoms with Crippen molar-refractivity contribution in [3.8, 4) is 0 Å². The molecule has 4 heteroatoms. The Kier molecular flexibility index (Phi) is 3.22. The maximum atomic E-state index is 12.8. The van der Waals surface area contributed by atoms with E-state index in [0.717, 1.165) is 0 Å². The average Bonchev–Trinajstić information content (AvgIpc) is 2.09. The van der Waals surface area contributed by atoms with Crippen molar-refractivity contribution in [1.82, 2.24) is 0 Å². The van der Waals surface area contributed by atoms with Gasteiger partial charge < -0.3 is 16.6 Å². The Morgan fingerprint density at radius 1 is 1.46 bits per heavy atom. The number of halogens is 1. The zero-order chi connectivity index (χ0) is 9.84. The first-order valence-electron chi connectivity index (χ1n) is 4.06. The van der Waals surface area contributed by atoms with E-state index in [1.165, 1.54) is 18.2 Å². The second-order valence-electron chi connectivity index (χ2n) is 2.89. The fourth-order valence-corrected chi connectivity index (χ4v) is 1.16. The molecule has 13 heavy (non-hydrogen) atoms. The van der Waals surface area contributed by atoms with Gasteiger partial charge in [-0.15, -0.1) is 0 Å². The molecule has 0 heterocycles. The second-order valence-corrected chi connectivity index (χ2v) is 2.89. The van der Waals surface area contributed by atoms with Crippen LogP contribution in [0.15, 0.2) is 18.2 Å². The highest BCUT2D eigenvalue weighted by Gasteiger charge is 2.09. The van der Waals surface area contributed by atoms with E-state index < -0.39 is 6.04 Å². The summed E-state index contributed by atoms with van der Waals surface area (Å²) in [5, 5.41) is 8.64. The minimum Gasteiger partial charge on any atom is -0.398 e. The highest BCUT2D eigenvalue weighted by atomic mass is 19.1. The predicted molar refractivity (Wildman–Crippen MR) is 49.4 cm³/mol. The normalized spacial score (nSPS) is 12.8. The number of nitrogen functional groups attached to an aromatic ring is 1. The van der Waals surface area contributed by atoms with E-state index in [9.17, 15) is 4.39 Å². The smallest absolute Gasteiger partial charge is 0.123 e. The molecule has 5 N–H and O–H groups in total. The van der Waals surface area contributed by atoms with Crippen molar-refractivity contribution < 1.29 is 9.50 Å². The molecule has 1 rings (SSSR count). The second kappa shape index (κ2) is 4.20. The summed E-state index contributed by atoms with van der Waals surface area (Å²) in [4.78, 5) is 0. The minimum absolute atomic E-state index is 0.0306. The van der Waals surface area contributed by atoms with Gasteiger partial charge >= 0.3 is 0 Å². The van der Waals surface area contributed by atoms with Gasteiger partial charge in [0.1, 0.15) is 5.82 Å². The highest BCUT2D eigenvalue weighted by Crippen LogP contribution is 2.21. The van der Waals surface area contributed by atoms with Gasteiger partial charge in [0.05, 0.1) is 0 Å². The van der Waals surface area contributed by atoms with Crippen molar-refractivity contribution in [2.24, 2.45) is 5.73 Å². The van der Waals surface area contributed by atoms with E-state index in [2.05, 4.69) is 0 Å². The maximum Gasteiger partial charge on any atom is 0.123 e. The third kappa shape index (κ3) is 2.40. The Labute approximate surface area is 76.2 Å². The van der Waals surface area contributed by atoms with Crippen molar-refractivity contribution in [3.63, 3.8) is 0 Å². The van der Waals surface area contributed by atoms with Crippen molar-refractivity contribution in [2.45, 2.75) is 12.5 Å². The monoisotopic (exact) mass is 184 g/mol. The quantitative estimate of drug-likeness (QED) is 0.608. The van der Waals surface area contributed by atoms with E-state index >= 15 is 0 Å².